The molecule has 2 aliphatic carbocycles. The van der Waals surface area contributed by atoms with Crippen LogP contribution in [0.2, 0.25) is 0 Å². The highest BCUT2D eigenvalue weighted by atomic mass is 79.9. The Bertz CT molecular complexity index is 455. The van der Waals surface area contributed by atoms with Gasteiger partial charge in [-0.2, -0.15) is 0 Å². The third-order valence-corrected chi connectivity index (χ3v) is 6.28. The highest BCUT2D eigenvalue weighted by Crippen LogP contribution is 2.53. The first-order valence-corrected chi connectivity index (χ1v) is 8.91. The number of nitrogens with one attached hydrogen (secondary N) is 1. The zero-order valence-electron chi connectivity index (χ0n) is 11.4. The first-order chi connectivity index (χ1) is 9.11. The molecule has 1 spiro atoms. The van der Waals surface area contributed by atoms with Crippen molar-refractivity contribution in [1.82, 2.24) is 0 Å². The molecule has 1 aromatic carbocycles. The summed E-state index contributed by atoms with van der Waals surface area (Å²) < 4.78 is 2.36. The van der Waals surface area contributed by atoms with Crippen LogP contribution in [-0.2, 0) is 0 Å². The summed E-state index contributed by atoms with van der Waals surface area (Å²) in [6.07, 6.45) is 9.88. The van der Waals surface area contributed by atoms with Gasteiger partial charge in [-0.1, -0.05) is 19.3 Å². The number of hydrogen-bond donors (Lipinski definition) is 1. The van der Waals surface area contributed by atoms with E-state index in [4.69, 9.17) is 0 Å². The van der Waals surface area contributed by atoms with E-state index < -0.39 is 0 Å². The van der Waals surface area contributed by atoms with Crippen LogP contribution in [0, 0.1) is 12.3 Å². The fourth-order valence-electron chi connectivity index (χ4n) is 3.79. The third kappa shape index (κ3) is 2.61. The van der Waals surface area contributed by atoms with Crippen LogP contribution in [0.4, 0.5) is 5.69 Å². The van der Waals surface area contributed by atoms with Crippen LogP contribution < -0.4 is 5.32 Å². The average molecular weight is 387 g/mol. The second-order valence-electron chi connectivity index (χ2n) is 6.26. The van der Waals surface area contributed by atoms with Crippen molar-refractivity contribution in [2.45, 2.75) is 57.9 Å². The van der Waals surface area contributed by atoms with Crippen LogP contribution in [0.25, 0.3) is 0 Å². The molecule has 0 aromatic heterocycles. The zero-order valence-corrected chi connectivity index (χ0v) is 14.6. The fraction of sp³-hybridized carbons (Fsp3) is 0.625. The molecular weight excluding hydrogens is 366 g/mol. The van der Waals surface area contributed by atoms with Gasteiger partial charge in [0.25, 0.3) is 0 Å². The van der Waals surface area contributed by atoms with E-state index in [1.807, 2.05) is 0 Å². The van der Waals surface area contributed by atoms with Gasteiger partial charge in [-0.05, 0) is 87.6 Å². The van der Waals surface area contributed by atoms with Gasteiger partial charge in [0, 0.05) is 15.0 Å². The largest absolute Gasteiger partial charge is 0.380 e. The lowest BCUT2D eigenvalue weighted by molar-refractivity contribution is 0.0571. The van der Waals surface area contributed by atoms with Gasteiger partial charge in [-0.3, -0.25) is 0 Å². The van der Waals surface area contributed by atoms with E-state index in [0.717, 1.165) is 0 Å². The highest BCUT2D eigenvalue weighted by molar-refractivity contribution is 9.11. The van der Waals surface area contributed by atoms with Crippen molar-refractivity contribution in [2.24, 2.45) is 5.41 Å². The van der Waals surface area contributed by atoms with E-state index in [9.17, 15) is 0 Å². The molecule has 0 bridgehead atoms. The minimum atomic E-state index is 0.599. The molecule has 1 nitrogen and oxygen atoms in total. The Labute approximate surface area is 132 Å². The Morgan fingerprint density at radius 2 is 1.68 bits per heavy atom. The van der Waals surface area contributed by atoms with Crippen LogP contribution >= 0.6 is 31.9 Å². The predicted molar refractivity (Wildman–Crippen MR) is 88.7 cm³/mol. The van der Waals surface area contributed by atoms with Gasteiger partial charge in [0.15, 0.2) is 0 Å². The molecule has 2 saturated carbocycles. The van der Waals surface area contributed by atoms with Gasteiger partial charge in [-0.15, -0.1) is 0 Å². The Kier molecular flexibility index (Phi) is 3.96. The third-order valence-electron chi connectivity index (χ3n) is 5.02. The van der Waals surface area contributed by atoms with E-state index in [-0.39, 0.29) is 0 Å². The number of rotatable bonds is 2. The molecule has 3 rings (SSSR count). The van der Waals surface area contributed by atoms with Crippen LogP contribution in [0.5, 0.6) is 0 Å². The summed E-state index contributed by atoms with van der Waals surface area (Å²) >= 11 is 7.40. The minimum absolute atomic E-state index is 0.599. The standard InChI is InChI=1S/C16H21Br2N/c1-11-9-12(17)15(13(18)10-11)19-14-5-8-16(14)6-3-2-4-7-16/h9-10,14,19H,2-8H2,1H3. The van der Waals surface area contributed by atoms with E-state index in [0.29, 0.717) is 11.5 Å². The van der Waals surface area contributed by atoms with Crippen molar-refractivity contribution in [3.05, 3.63) is 26.6 Å². The van der Waals surface area contributed by atoms with Gasteiger partial charge < -0.3 is 5.32 Å². The van der Waals surface area contributed by atoms with Crippen LogP contribution in [0.15, 0.2) is 21.1 Å². The van der Waals surface area contributed by atoms with Gasteiger partial charge in [0.05, 0.1) is 5.69 Å². The molecule has 0 aliphatic heterocycles. The highest BCUT2D eigenvalue weighted by Gasteiger charge is 2.46. The van der Waals surface area contributed by atoms with E-state index in [1.54, 1.807) is 0 Å². The normalized spacial score (nSPS) is 25.1. The molecular formula is C16H21Br2N. The van der Waals surface area contributed by atoms with E-state index in [1.165, 1.54) is 65.1 Å². The molecule has 0 saturated heterocycles. The Balaban J connectivity index is 1.79. The predicted octanol–water partition coefficient (Wildman–Crippen LogP) is 6.04. The van der Waals surface area contributed by atoms with Crippen LogP contribution in [0.1, 0.15) is 50.5 Å². The lowest BCUT2D eigenvalue weighted by Gasteiger charge is -2.53. The molecule has 1 atom stereocenters. The summed E-state index contributed by atoms with van der Waals surface area (Å²) in [6.45, 7) is 2.13. The summed E-state index contributed by atoms with van der Waals surface area (Å²) in [4.78, 5) is 0. The Morgan fingerprint density at radius 3 is 2.21 bits per heavy atom. The molecule has 1 unspecified atom stereocenters. The van der Waals surface area contributed by atoms with E-state index >= 15 is 0 Å². The molecule has 0 heterocycles. The molecule has 3 heteroatoms. The number of aryl methyl sites for hydroxylation is 1. The number of anilines is 1. The number of halogens is 2. The molecule has 104 valence electrons. The van der Waals surface area contributed by atoms with Crippen molar-refractivity contribution in [1.29, 1.82) is 0 Å². The van der Waals surface area contributed by atoms with Gasteiger partial charge in [0.1, 0.15) is 0 Å². The van der Waals surface area contributed by atoms with Crippen molar-refractivity contribution < 1.29 is 0 Å². The minimum Gasteiger partial charge on any atom is -0.380 e. The van der Waals surface area contributed by atoms with Gasteiger partial charge in [0.2, 0.25) is 0 Å². The maximum absolute atomic E-state index is 3.81. The summed E-state index contributed by atoms with van der Waals surface area (Å²) in [5.74, 6) is 0. The summed E-state index contributed by atoms with van der Waals surface area (Å²) in [7, 11) is 0. The number of benzene rings is 1. The van der Waals surface area contributed by atoms with Crippen molar-refractivity contribution >= 4 is 37.5 Å². The molecule has 0 amide bonds. The van der Waals surface area contributed by atoms with Gasteiger partial charge in [-0.25, -0.2) is 0 Å². The quantitative estimate of drug-likeness (QED) is 0.652. The van der Waals surface area contributed by atoms with Crippen molar-refractivity contribution in [3.8, 4) is 0 Å². The molecule has 1 N–H and O–H groups in total. The second kappa shape index (κ2) is 5.40. The Morgan fingerprint density at radius 1 is 1.05 bits per heavy atom. The topological polar surface area (TPSA) is 12.0 Å². The molecule has 2 aliphatic rings. The summed E-state index contributed by atoms with van der Waals surface area (Å²) in [5, 5.41) is 3.81. The monoisotopic (exact) mass is 385 g/mol. The van der Waals surface area contributed by atoms with Gasteiger partial charge >= 0.3 is 0 Å². The zero-order chi connectivity index (χ0) is 13.5. The maximum atomic E-state index is 3.81. The molecule has 2 fully saturated rings. The lowest BCUT2D eigenvalue weighted by Crippen LogP contribution is -2.50. The second-order valence-corrected chi connectivity index (χ2v) is 7.97. The van der Waals surface area contributed by atoms with Crippen molar-refractivity contribution in [2.75, 3.05) is 5.32 Å². The molecule has 0 radical (unpaired) electrons. The maximum Gasteiger partial charge on any atom is 0.0631 e. The molecule has 19 heavy (non-hydrogen) atoms. The van der Waals surface area contributed by atoms with Crippen LogP contribution in [-0.4, -0.2) is 6.04 Å². The first kappa shape index (κ1) is 13.9. The summed E-state index contributed by atoms with van der Waals surface area (Å²) in [6, 6.07) is 5.06. The van der Waals surface area contributed by atoms with Crippen molar-refractivity contribution in [3.63, 3.8) is 0 Å². The average Bonchev–Trinajstić information content (AvgIpc) is 2.37. The Hall–Kier alpha value is -0.0200. The van der Waals surface area contributed by atoms with E-state index in [2.05, 4.69) is 56.2 Å². The fourth-order valence-corrected chi connectivity index (χ4v) is 5.43. The number of hydrogen-bond acceptors (Lipinski definition) is 1. The molecule has 1 aromatic rings. The SMILES string of the molecule is Cc1cc(Br)c(NC2CCC23CCCCC3)c(Br)c1. The van der Waals surface area contributed by atoms with Crippen LogP contribution in [0.3, 0.4) is 0 Å². The smallest absolute Gasteiger partial charge is 0.0631 e. The first-order valence-electron chi connectivity index (χ1n) is 7.33. The lowest BCUT2D eigenvalue weighted by atomic mass is 9.57. The summed E-state index contributed by atoms with van der Waals surface area (Å²) in [5.41, 5.74) is 3.12.